The van der Waals surface area contributed by atoms with Crippen LogP contribution in [0.4, 0.5) is 5.69 Å². The minimum absolute atomic E-state index is 0.434. The van der Waals surface area contributed by atoms with Gasteiger partial charge in [-0.05, 0) is 43.7 Å². The van der Waals surface area contributed by atoms with E-state index >= 15 is 0 Å². The number of anilines is 1. The summed E-state index contributed by atoms with van der Waals surface area (Å²) in [4.78, 5) is 0. The molecule has 1 aromatic rings. The molecular weight excluding hydrogens is 210 g/mol. The Morgan fingerprint density at radius 1 is 1.18 bits per heavy atom. The third-order valence-electron chi connectivity index (χ3n) is 4.02. The van der Waals surface area contributed by atoms with Gasteiger partial charge in [-0.15, -0.1) is 0 Å². The number of hydrogen-bond donors (Lipinski definition) is 1. The summed E-state index contributed by atoms with van der Waals surface area (Å²) in [6.07, 6.45) is 3.60. The molecule has 0 radical (unpaired) electrons. The van der Waals surface area contributed by atoms with E-state index in [9.17, 15) is 0 Å². The highest BCUT2D eigenvalue weighted by atomic mass is 16.5. The fourth-order valence-electron chi connectivity index (χ4n) is 2.42. The summed E-state index contributed by atoms with van der Waals surface area (Å²) in [5.74, 6) is 0. The van der Waals surface area contributed by atoms with Crippen molar-refractivity contribution in [1.29, 1.82) is 0 Å². The van der Waals surface area contributed by atoms with E-state index < -0.39 is 0 Å². The maximum Gasteiger partial charge on any atom is 0.0472 e. The number of hydrogen-bond acceptors (Lipinski definition) is 2. The minimum Gasteiger partial charge on any atom is -0.384 e. The van der Waals surface area contributed by atoms with Crippen molar-refractivity contribution in [3.05, 3.63) is 29.8 Å². The molecule has 1 heterocycles. The highest BCUT2D eigenvalue weighted by Crippen LogP contribution is 2.34. The molecule has 2 nitrogen and oxygen atoms in total. The fourth-order valence-corrected chi connectivity index (χ4v) is 2.42. The number of rotatable bonds is 4. The lowest BCUT2D eigenvalue weighted by Gasteiger charge is -2.36. The molecule has 2 heteroatoms. The molecule has 94 valence electrons. The maximum absolute atomic E-state index is 5.47. The normalized spacial score (nSPS) is 18.9. The van der Waals surface area contributed by atoms with E-state index in [2.05, 4.69) is 43.4 Å². The zero-order valence-electron chi connectivity index (χ0n) is 11.0. The highest BCUT2D eigenvalue weighted by Gasteiger charge is 2.30. The second-order valence-corrected chi connectivity index (χ2v) is 5.19. The molecule has 0 unspecified atom stereocenters. The van der Waals surface area contributed by atoms with Gasteiger partial charge in [0.05, 0.1) is 0 Å². The van der Waals surface area contributed by atoms with Crippen molar-refractivity contribution in [2.45, 2.75) is 33.1 Å². The monoisotopic (exact) mass is 233 g/mol. The van der Waals surface area contributed by atoms with Gasteiger partial charge in [-0.25, -0.2) is 0 Å². The second kappa shape index (κ2) is 5.54. The predicted octanol–water partition coefficient (Wildman–Crippen LogP) is 3.61. The lowest BCUT2D eigenvalue weighted by Crippen LogP contribution is -2.35. The molecular formula is C15H23NO. The third-order valence-corrected chi connectivity index (χ3v) is 4.02. The molecule has 2 rings (SSSR count). The number of ether oxygens (including phenoxy) is 1. The minimum atomic E-state index is 0.434. The molecule has 17 heavy (non-hydrogen) atoms. The molecule has 1 aromatic carbocycles. The van der Waals surface area contributed by atoms with Gasteiger partial charge in [0.25, 0.3) is 0 Å². The van der Waals surface area contributed by atoms with Crippen molar-refractivity contribution in [2.24, 2.45) is 5.41 Å². The van der Waals surface area contributed by atoms with Crippen molar-refractivity contribution in [3.63, 3.8) is 0 Å². The number of nitrogens with one attached hydrogen (secondary N) is 1. The van der Waals surface area contributed by atoms with E-state index in [0.717, 1.165) is 19.8 Å². The van der Waals surface area contributed by atoms with Crippen LogP contribution in [-0.4, -0.2) is 19.8 Å². The molecule has 0 bridgehead atoms. The van der Waals surface area contributed by atoms with Crippen LogP contribution in [0.25, 0.3) is 0 Å². The van der Waals surface area contributed by atoms with E-state index in [0.29, 0.717) is 5.41 Å². The van der Waals surface area contributed by atoms with E-state index in [1.807, 2.05) is 0 Å². The van der Waals surface area contributed by atoms with Crippen LogP contribution >= 0.6 is 0 Å². The van der Waals surface area contributed by atoms with Crippen molar-refractivity contribution in [3.8, 4) is 0 Å². The summed E-state index contributed by atoms with van der Waals surface area (Å²) in [6, 6.07) is 8.64. The Balaban J connectivity index is 1.93. The Morgan fingerprint density at radius 2 is 1.82 bits per heavy atom. The average Bonchev–Trinajstić information content (AvgIpc) is 2.39. The van der Waals surface area contributed by atoms with Gasteiger partial charge in [0.15, 0.2) is 0 Å². The van der Waals surface area contributed by atoms with E-state index in [1.54, 1.807) is 0 Å². The van der Waals surface area contributed by atoms with Crippen molar-refractivity contribution >= 4 is 5.69 Å². The van der Waals surface area contributed by atoms with E-state index in [-0.39, 0.29) is 0 Å². The molecule has 0 atom stereocenters. The van der Waals surface area contributed by atoms with Gasteiger partial charge in [-0.2, -0.15) is 0 Å². The van der Waals surface area contributed by atoms with E-state index in [1.165, 1.54) is 30.5 Å². The van der Waals surface area contributed by atoms with Crippen LogP contribution in [0, 0.1) is 12.3 Å². The number of benzene rings is 1. The first-order valence-electron chi connectivity index (χ1n) is 6.62. The van der Waals surface area contributed by atoms with Crippen LogP contribution in [0.5, 0.6) is 0 Å². The average molecular weight is 233 g/mol. The van der Waals surface area contributed by atoms with Gasteiger partial charge >= 0.3 is 0 Å². The molecule has 1 aliphatic rings. The van der Waals surface area contributed by atoms with Gasteiger partial charge in [-0.3, -0.25) is 0 Å². The van der Waals surface area contributed by atoms with Crippen LogP contribution in [-0.2, 0) is 4.74 Å². The molecule has 1 aliphatic heterocycles. The van der Waals surface area contributed by atoms with Gasteiger partial charge in [-0.1, -0.05) is 24.6 Å². The summed E-state index contributed by atoms with van der Waals surface area (Å²) >= 11 is 0. The van der Waals surface area contributed by atoms with E-state index in [4.69, 9.17) is 4.74 Å². The molecule has 0 aliphatic carbocycles. The summed E-state index contributed by atoms with van der Waals surface area (Å²) in [5, 5.41) is 3.58. The summed E-state index contributed by atoms with van der Waals surface area (Å²) in [6.45, 7) is 7.32. The Morgan fingerprint density at radius 3 is 2.41 bits per heavy atom. The first-order valence-corrected chi connectivity index (χ1v) is 6.62. The molecule has 1 N–H and O–H groups in total. The predicted molar refractivity (Wildman–Crippen MR) is 72.4 cm³/mol. The molecule has 0 aromatic heterocycles. The van der Waals surface area contributed by atoms with Crippen molar-refractivity contribution in [1.82, 2.24) is 0 Å². The highest BCUT2D eigenvalue weighted by molar-refractivity contribution is 5.44. The Kier molecular flexibility index (Phi) is 4.06. The third kappa shape index (κ3) is 3.22. The Labute approximate surface area is 104 Å². The van der Waals surface area contributed by atoms with Gasteiger partial charge in [0, 0.05) is 25.4 Å². The molecule has 1 fully saturated rings. The lowest BCUT2D eigenvalue weighted by atomic mass is 9.78. The van der Waals surface area contributed by atoms with Crippen molar-refractivity contribution in [2.75, 3.05) is 25.1 Å². The standard InChI is InChI=1S/C15H23NO/c1-3-15(8-10-17-11-9-15)12-16-14-6-4-13(2)5-7-14/h4-7,16H,3,8-12H2,1-2H3. The first kappa shape index (κ1) is 12.4. The Hall–Kier alpha value is -1.02. The first-order chi connectivity index (χ1) is 8.24. The summed E-state index contributed by atoms with van der Waals surface area (Å²) < 4.78 is 5.47. The zero-order valence-corrected chi connectivity index (χ0v) is 11.0. The second-order valence-electron chi connectivity index (χ2n) is 5.19. The quantitative estimate of drug-likeness (QED) is 0.857. The van der Waals surface area contributed by atoms with Gasteiger partial charge in [0.2, 0.25) is 0 Å². The van der Waals surface area contributed by atoms with Crippen LogP contribution in [0.1, 0.15) is 31.7 Å². The smallest absolute Gasteiger partial charge is 0.0472 e. The molecule has 0 saturated carbocycles. The zero-order chi connectivity index (χ0) is 12.1. The van der Waals surface area contributed by atoms with Crippen LogP contribution in [0.2, 0.25) is 0 Å². The Bertz CT molecular complexity index is 338. The number of aryl methyl sites for hydroxylation is 1. The van der Waals surface area contributed by atoms with Crippen LogP contribution in [0.3, 0.4) is 0 Å². The van der Waals surface area contributed by atoms with Gasteiger partial charge < -0.3 is 10.1 Å². The van der Waals surface area contributed by atoms with Crippen LogP contribution < -0.4 is 5.32 Å². The molecule has 1 saturated heterocycles. The largest absolute Gasteiger partial charge is 0.384 e. The molecule has 0 amide bonds. The summed E-state index contributed by atoms with van der Waals surface area (Å²) in [5.41, 5.74) is 2.98. The van der Waals surface area contributed by atoms with Crippen LogP contribution in [0.15, 0.2) is 24.3 Å². The SMILES string of the molecule is CCC1(CNc2ccc(C)cc2)CCOCC1. The summed E-state index contributed by atoms with van der Waals surface area (Å²) in [7, 11) is 0. The lowest BCUT2D eigenvalue weighted by molar-refractivity contribution is 0.0192. The maximum atomic E-state index is 5.47. The fraction of sp³-hybridized carbons (Fsp3) is 0.600. The van der Waals surface area contributed by atoms with Crippen molar-refractivity contribution < 1.29 is 4.74 Å². The van der Waals surface area contributed by atoms with Gasteiger partial charge in [0.1, 0.15) is 0 Å². The molecule has 0 spiro atoms. The topological polar surface area (TPSA) is 21.3 Å².